The number of carbonyl (C=O) groups excluding carboxylic acids is 1. The fourth-order valence-corrected chi connectivity index (χ4v) is 3.03. The number of rotatable bonds is 6. The highest BCUT2D eigenvalue weighted by molar-refractivity contribution is 7.98. The molecule has 1 aromatic carbocycles. The second-order valence-electron chi connectivity index (χ2n) is 5.11. The van der Waals surface area contributed by atoms with Gasteiger partial charge >= 0.3 is 11.8 Å². The Hall–Kier alpha value is -2.72. The lowest BCUT2D eigenvalue weighted by Gasteiger charge is -2.11. The van der Waals surface area contributed by atoms with Crippen molar-refractivity contribution in [2.75, 3.05) is 7.05 Å². The summed E-state index contributed by atoms with van der Waals surface area (Å²) in [5, 5.41) is 15.3. The van der Waals surface area contributed by atoms with Crippen LogP contribution < -0.4 is 11.1 Å². The second kappa shape index (κ2) is 7.45. The molecule has 3 N–H and O–H groups in total. The molecule has 10 heteroatoms. The molecule has 1 amide bonds. The van der Waals surface area contributed by atoms with Crippen LogP contribution in [0.4, 0.5) is 0 Å². The van der Waals surface area contributed by atoms with Crippen molar-refractivity contribution in [2.45, 2.75) is 24.4 Å². The number of benzene rings is 1. The normalized spacial score (nSPS) is 10.8. The molecule has 3 rings (SSSR count). The first-order chi connectivity index (χ1) is 12.1. The van der Waals surface area contributed by atoms with Gasteiger partial charge in [0.2, 0.25) is 0 Å². The van der Waals surface area contributed by atoms with Gasteiger partial charge in [0.25, 0.3) is 0 Å². The van der Waals surface area contributed by atoms with Crippen molar-refractivity contribution in [1.29, 1.82) is 0 Å². The van der Waals surface area contributed by atoms with Crippen LogP contribution >= 0.6 is 11.8 Å². The second-order valence-corrected chi connectivity index (χ2v) is 6.05. The Morgan fingerprint density at radius 3 is 2.88 bits per heavy atom. The van der Waals surface area contributed by atoms with Gasteiger partial charge in [-0.1, -0.05) is 35.1 Å². The first-order valence-electron chi connectivity index (χ1n) is 7.52. The molecule has 2 aromatic heterocycles. The maximum atomic E-state index is 11.5. The average molecular weight is 359 g/mol. The molecule has 0 aliphatic heterocycles. The predicted octanol–water partition coefficient (Wildman–Crippen LogP) is 1.07. The van der Waals surface area contributed by atoms with Gasteiger partial charge in [0.05, 0.1) is 18.0 Å². The molecule has 0 fully saturated rings. The van der Waals surface area contributed by atoms with Gasteiger partial charge in [0.15, 0.2) is 16.8 Å². The van der Waals surface area contributed by atoms with Gasteiger partial charge in [-0.2, -0.15) is 4.98 Å². The highest BCUT2D eigenvalue weighted by Gasteiger charge is 2.17. The zero-order valence-electron chi connectivity index (χ0n) is 13.8. The van der Waals surface area contributed by atoms with Crippen molar-refractivity contribution in [3.8, 4) is 5.69 Å². The van der Waals surface area contributed by atoms with E-state index >= 15 is 0 Å². The average Bonchev–Trinajstić information content (AvgIpc) is 3.26. The Morgan fingerprint density at radius 1 is 1.36 bits per heavy atom. The minimum Gasteiger partial charge on any atom is -0.351 e. The summed E-state index contributed by atoms with van der Waals surface area (Å²) in [5.41, 5.74) is 7.84. The molecular formula is C15H17N7O2S. The van der Waals surface area contributed by atoms with E-state index in [-0.39, 0.29) is 12.4 Å². The summed E-state index contributed by atoms with van der Waals surface area (Å²) in [6.07, 6.45) is 0. The number of nitrogens with one attached hydrogen (secondary N) is 1. The summed E-state index contributed by atoms with van der Waals surface area (Å²) >= 11 is 1.39. The predicted molar refractivity (Wildman–Crippen MR) is 91.2 cm³/mol. The third kappa shape index (κ3) is 3.54. The summed E-state index contributed by atoms with van der Waals surface area (Å²) in [5.74, 6) is 0.960. The van der Waals surface area contributed by atoms with E-state index in [2.05, 4.69) is 25.7 Å². The van der Waals surface area contributed by atoms with E-state index in [4.69, 9.17) is 10.3 Å². The number of amides is 1. The van der Waals surface area contributed by atoms with Crippen LogP contribution in [0.5, 0.6) is 0 Å². The third-order valence-electron chi connectivity index (χ3n) is 3.46. The van der Waals surface area contributed by atoms with E-state index in [1.165, 1.54) is 18.8 Å². The van der Waals surface area contributed by atoms with Crippen molar-refractivity contribution < 1.29 is 9.32 Å². The summed E-state index contributed by atoms with van der Waals surface area (Å²) in [6, 6.07) is 7.92. The Morgan fingerprint density at radius 2 is 2.16 bits per heavy atom. The maximum absolute atomic E-state index is 11.5. The van der Waals surface area contributed by atoms with Gasteiger partial charge < -0.3 is 15.6 Å². The standard InChI is InChI=1S/C15H17N7O2S/c1-9-5-3-4-6-10(9)22-12(7-16)19-20-15(22)25-8-11-18-14(24-21-11)13(23)17-2/h3-6H,7-8,16H2,1-2H3,(H,17,23). The van der Waals surface area contributed by atoms with E-state index in [1.807, 2.05) is 35.8 Å². The first kappa shape index (κ1) is 17.1. The van der Waals surface area contributed by atoms with Crippen molar-refractivity contribution in [1.82, 2.24) is 30.2 Å². The minimum atomic E-state index is -0.419. The Balaban J connectivity index is 1.84. The van der Waals surface area contributed by atoms with Gasteiger partial charge in [0, 0.05) is 7.05 Å². The molecule has 0 spiro atoms. The van der Waals surface area contributed by atoms with Crippen LogP contribution in [0.2, 0.25) is 0 Å². The van der Waals surface area contributed by atoms with Gasteiger partial charge in [-0.25, -0.2) is 0 Å². The number of aromatic nitrogens is 5. The molecule has 0 bridgehead atoms. The molecule has 2 heterocycles. The topological polar surface area (TPSA) is 125 Å². The molecule has 0 aliphatic rings. The summed E-state index contributed by atoms with van der Waals surface area (Å²) < 4.78 is 6.83. The van der Waals surface area contributed by atoms with Gasteiger partial charge in [0.1, 0.15) is 0 Å². The van der Waals surface area contributed by atoms with Gasteiger partial charge in [-0.3, -0.25) is 9.36 Å². The number of hydrogen-bond acceptors (Lipinski definition) is 8. The number of aryl methyl sites for hydroxylation is 1. The molecule has 0 saturated carbocycles. The number of hydrogen-bond donors (Lipinski definition) is 2. The zero-order valence-corrected chi connectivity index (χ0v) is 14.6. The number of thioether (sulfide) groups is 1. The highest BCUT2D eigenvalue weighted by atomic mass is 32.2. The summed E-state index contributed by atoms with van der Waals surface area (Å²) in [4.78, 5) is 15.5. The summed E-state index contributed by atoms with van der Waals surface area (Å²) in [6.45, 7) is 2.28. The molecule has 3 aromatic rings. The molecule has 0 unspecified atom stereocenters. The molecule has 0 radical (unpaired) electrons. The number of nitrogens with zero attached hydrogens (tertiary/aromatic N) is 5. The lowest BCUT2D eigenvalue weighted by molar-refractivity contribution is 0.0919. The van der Waals surface area contributed by atoms with Gasteiger partial charge in [-0.05, 0) is 18.6 Å². The lowest BCUT2D eigenvalue weighted by atomic mass is 10.2. The highest BCUT2D eigenvalue weighted by Crippen LogP contribution is 2.26. The molecular weight excluding hydrogens is 342 g/mol. The lowest BCUT2D eigenvalue weighted by Crippen LogP contribution is -2.18. The van der Waals surface area contributed by atoms with Crippen molar-refractivity contribution in [2.24, 2.45) is 5.73 Å². The number of para-hydroxylation sites is 1. The summed E-state index contributed by atoms with van der Waals surface area (Å²) in [7, 11) is 1.50. The number of carbonyl (C=O) groups is 1. The minimum absolute atomic E-state index is 0.0684. The van der Waals surface area contributed by atoms with Crippen LogP contribution in [-0.2, 0) is 12.3 Å². The van der Waals surface area contributed by atoms with Crippen molar-refractivity contribution in [3.63, 3.8) is 0 Å². The fraction of sp³-hybridized carbons (Fsp3) is 0.267. The molecule has 9 nitrogen and oxygen atoms in total. The van der Waals surface area contributed by atoms with E-state index in [0.717, 1.165) is 11.3 Å². The maximum Gasteiger partial charge on any atom is 0.315 e. The Kier molecular flexibility index (Phi) is 5.10. The van der Waals surface area contributed by atoms with Crippen molar-refractivity contribution >= 4 is 17.7 Å². The molecule has 25 heavy (non-hydrogen) atoms. The van der Waals surface area contributed by atoms with E-state index in [0.29, 0.717) is 22.6 Å². The molecule has 0 atom stereocenters. The third-order valence-corrected chi connectivity index (χ3v) is 4.38. The quantitative estimate of drug-likeness (QED) is 0.626. The largest absolute Gasteiger partial charge is 0.351 e. The SMILES string of the molecule is CNC(=O)c1nc(CSc2nnc(CN)n2-c2ccccc2C)no1. The van der Waals surface area contributed by atoms with E-state index in [9.17, 15) is 4.79 Å². The fourth-order valence-electron chi connectivity index (χ4n) is 2.22. The van der Waals surface area contributed by atoms with E-state index in [1.54, 1.807) is 0 Å². The van der Waals surface area contributed by atoms with E-state index < -0.39 is 5.91 Å². The molecule has 0 saturated heterocycles. The zero-order chi connectivity index (χ0) is 17.8. The smallest absolute Gasteiger partial charge is 0.315 e. The number of nitrogens with two attached hydrogens (primary N) is 1. The Bertz CT molecular complexity index is 890. The van der Waals surface area contributed by atoms with Crippen molar-refractivity contribution in [3.05, 3.63) is 47.4 Å². The van der Waals surface area contributed by atoms with Crippen LogP contribution in [0.25, 0.3) is 5.69 Å². The molecule has 130 valence electrons. The Labute approximate surface area is 148 Å². The van der Waals surface area contributed by atoms with Crippen LogP contribution in [0.1, 0.15) is 27.9 Å². The van der Waals surface area contributed by atoms with Crippen LogP contribution in [0.15, 0.2) is 33.9 Å². The first-order valence-corrected chi connectivity index (χ1v) is 8.50. The monoisotopic (exact) mass is 359 g/mol. The molecule has 0 aliphatic carbocycles. The van der Waals surface area contributed by atoms with Crippen LogP contribution in [0.3, 0.4) is 0 Å². The van der Waals surface area contributed by atoms with Crippen LogP contribution in [0, 0.1) is 6.92 Å². The van der Waals surface area contributed by atoms with Gasteiger partial charge in [-0.15, -0.1) is 10.2 Å². The van der Waals surface area contributed by atoms with Crippen LogP contribution in [-0.4, -0.2) is 37.9 Å².